The third kappa shape index (κ3) is 4.74. The topological polar surface area (TPSA) is 74.7 Å². The molecule has 1 heterocycles. The van der Waals surface area contributed by atoms with E-state index in [-0.39, 0.29) is 0 Å². The number of benzene rings is 1. The molecule has 0 atom stereocenters. The van der Waals surface area contributed by atoms with Crippen LogP contribution in [0.1, 0.15) is 31.5 Å². The first-order chi connectivity index (χ1) is 11.0. The van der Waals surface area contributed by atoms with Crippen molar-refractivity contribution in [3.63, 3.8) is 0 Å². The fraction of sp³-hybridized carbons (Fsp3) is 0.412. The summed E-state index contributed by atoms with van der Waals surface area (Å²) >= 11 is 0. The summed E-state index contributed by atoms with van der Waals surface area (Å²) < 4.78 is 12.7. The van der Waals surface area contributed by atoms with Crippen molar-refractivity contribution >= 4 is 12.2 Å². The summed E-state index contributed by atoms with van der Waals surface area (Å²) in [5, 5.41) is 4.31. The number of ether oxygens (including phenoxy) is 2. The van der Waals surface area contributed by atoms with Gasteiger partial charge in [-0.2, -0.15) is 5.10 Å². The number of hydrogen-bond acceptors (Lipinski definition) is 5. The van der Waals surface area contributed by atoms with Gasteiger partial charge in [0.15, 0.2) is 11.5 Å². The zero-order valence-corrected chi connectivity index (χ0v) is 14.1. The first-order valence-corrected chi connectivity index (χ1v) is 7.66. The number of anilines is 1. The molecule has 0 aliphatic rings. The number of aromatic nitrogens is 2. The Kier molecular flexibility index (Phi) is 5.62. The fourth-order valence-electron chi connectivity index (χ4n) is 2.02. The van der Waals surface area contributed by atoms with Crippen molar-refractivity contribution in [2.45, 2.75) is 27.2 Å². The lowest BCUT2D eigenvalue weighted by Crippen LogP contribution is -2.03. The third-order valence-electron chi connectivity index (χ3n) is 3.31. The lowest BCUT2D eigenvalue weighted by Gasteiger charge is -2.12. The monoisotopic (exact) mass is 316 g/mol. The number of aryl methyl sites for hydroxylation is 1. The molecule has 6 nitrogen and oxygen atoms in total. The Morgan fingerprint density at radius 2 is 2.13 bits per heavy atom. The molecule has 0 aliphatic carbocycles. The highest BCUT2D eigenvalue weighted by Gasteiger charge is 2.06. The van der Waals surface area contributed by atoms with Gasteiger partial charge in [0.1, 0.15) is 0 Å². The van der Waals surface area contributed by atoms with E-state index in [1.54, 1.807) is 24.2 Å². The van der Waals surface area contributed by atoms with Crippen molar-refractivity contribution in [2.75, 3.05) is 19.5 Å². The van der Waals surface area contributed by atoms with E-state index in [1.165, 1.54) is 0 Å². The molecule has 2 rings (SSSR count). The van der Waals surface area contributed by atoms with Gasteiger partial charge < -0.3 is 15.2 Å². The zero-order valence-electron chi connectivity index (χ0n) is 14.1. The lowest BCUT2D eigenvalue weighted by molar-refractivity contribution is 0.273. The molecule has 0 bridgehead atoms. The number of methoxy groups -OCH3 is 1. The molecule has 0 amide bonds. The Hall–Kier alpha value is -2.50. The molecule has 1 aromatic heterocycles. The van der Waals surface area contributed by atoms with Crippen LogP contribution in [0.15, 0.2) is 29.5 Å². The van der Waals surface area contributed by atoms with Gasteiger partial charge in [-0.05, 0) is 43.0 Å². The molecule has 0 saturated carbocycles. The van der Waals surface area contributed by atoms with Crippen LogP contribution in [-0.4, -0.2) is 29.6 Å². The molecule has 0 aliphatic heterocycles. The molecular formula is C17H24N4O2. The van der Waals surface area contributed by atoms with Crippen LogP contribution >= 0.6 is 0 Å². The van der Waals surface area contributed by atoms with Crippen LogP contribution in [0.5, 0.6) is 11.5 Å². The minimum Gasteiger partial charge on any atom is -0.493 e. The molecule has 0 unspecified atom stereocenters. The second-order valence-corrected chi connectivity index (χ2v) is 5.77. The Morgan fingerprint density at radius 1 is 1.35 bits per heavy atom. The SMILES string of the molecule is COc1ccc(C=Nn2cc(C)nc2N)cc1OCCC(C)C. The molecule has 23 heavy (non-hydrogen) atoms. The fourth-order valence-corrected chi connectivity index (χ4v) is 2.02. The molecule has 0 radical (unpaired) electrons. The zero-order chi connectivity index (χ0) is 16.8. The highest BCUT2D eigenvalue weighted by Crippen LogP contribution is 2.28. The van der Waals surface area contributed by atoms with Crippen LogP contribution in [0.3, 0.4) is 0 Å². The smallest absolute Gasteiger partial charge is 0.221 e. The molecule has 1 aromatic carbocycles. The maximum atomic E-state index is 5.83. The Morgan fingerprint density at radius 3 is 2.74 bits per heavy atom. The van der Waals surface area contributed by atoms with Crippen LogP contribution in [0.2, 0.25) is 0 Å². The van der Waals surface area contributed by atoms with Gasteiger partial charge in [-0.15, -0.1) is 0 Å². The minimum absolute atomic E-state index is 0.362. The summed E-state index contributed by atoms with van der Waals surface area (Å²) in [7, 11) is 1.63. The normalized spacial score (nSPS) is 11.3. The van der Waals surface area contributed by atoms with Gasteiger partial charge >= 0.3 is 0 Å². The van der Waals surface area contributed by atoms with Crippen LogP contribution in [-0.2, 0) is 0 Å². The Bertz CT molecular complexity index is 677. The van der Waals surface area contributed by atoms with E-state index in [0.29, 0.717) is 30.0 Å². The maximum absolute atomic E-state index is 5.83. The van der Waals surface area contributed by atoms with E-state index >= 15 is 0 Å². The van der Waals surface area contributed by atoms with Crippen molar-refractivity contribution in [3.8, 4) is 11.5 Å². The van der Waals surface area contributed by atoms with E-state index in [1.807, 2.05) is 25.1 Å². The molecule has 0 fully saturated rings. The average Bonchev–Trinajstić information content (AvgIpc) is 2.83. The number of nitrogens with zero attached hydrogens (tertiary/aromatic N) is 3. The van der Waals surface area contributed by atoms with Crippen molar-refractivity contribution in [1.29, 1.82) is 0 Å². The predicted octanol–water partition coefficient (Wildman–Crippen LogP) is 3.09. The summed E-state index contributed by atoms with van der Waals surface area (Å²) in [5.74, 6) is 2.38. The van der Waals surface area contributed by atoms with Gasteiger partial charge in [-0.25, -0.2) is 9.66 Å². The summed E-state index contributed by atoms with van der Waals surface area (Å²) in [5.41, 5.74) is 7.49. The van der Waals surface area contributed by atoms with E-state index < -0.39 is 0 Å². The van der Waals surface area contributed by atoms with E-state index in [0.717, 1.165) is 17.7 Å². The van der Waals surface area contributed by atoms with Gasteiger partial charge in [0.05, 0.1) is 31.8 Å². The average molecular weight is 316 g/mol. The van der Waals surface area contributed by atoms with Crippen LogP contribution in [0.25, 0.3) is 0 Å². The Balaban J connectivity index is 2.14. The van der Waals surface area contributed by atoms with E-state index in [9.17, 15) is 0 Å². The van der Waals surface area contributed by atoms with Crippen LogP contribution in [0.4, 0.5) is 5.95 Å². The molecule has 6 heteroatoms. The quantitative estimate of drug-likeness (QED) is 0.797. The van der Waals surface area contributed by atoms with Crippen LogP contribution < -0.4 is 15.2 Å². The number of imidazole rings is 1. The van der Waals surface area contributed by atoms with Gasteiger partial charge in [-0.1, -0.05) is 13.8 Å². The molecule has 124 valence electrons. The van der Waals surface area contributed by atoms with Crippen molar-refractivity contribution < 1.29 is 9.47 Å². The highest BCUT2D eigenvalue weighted by molar-refractivity contribution is 5.81. The summed E-state index contributed by atoms with van der Waals surface area (Å²) in [6, 6.07) is 5.69. The van der Waals surface area contributed by atoms with E-state index in [4.69, 9.17) is 15.2 Å². The van der Waals surface area contributed by atoms with Crippen molar-refractivity contribution in [2.24, 2.45) is 11.0 Å². The van der Waals surface area contributed by atoms with Crippen molar-refractivity contribution in [1.82, 2.24) is 9.66 Å². The summed E-state index contributed by atoms with van der Waals surface area (Å²) in [6.45, 7) is 6.86. The van der Waals surface area contributed by atoms with Crippen molar-refractivity contribution in [3.05, 3.63) is 35.7 Å². The van der Waals surface area contributed by atoms with Gasteiger partial charge in [0.2, 0.25) is 5.95 Å². The number of nitrogens with two attached hydrogens (primary N) is 1. The maximum Gasteiger partial charge on any atom is 0.221 e. The second-order valence-electron chi connectivity index (χ2n) is 5.77. The van der Waals surface area contributed by atoms with Gasteiger partial charge in [-0.3, -0.25) is 0 Å². The number of nitrogen functional groups attached to an aromatic ring is 1. The van der Waals surface area contributed by atoms with Gasteiger partial charge in [0.25, 0.3) is 0 Å². The number of rotatable bonds is 7. The number of hydrogen-bond donors (Lipinski definition) is 1. The minimum atomic E-state index is 0.362. The molecule has 2 aromatic rings. The molecular weight excluding hydrogens is 292 g/mol. The summed E-state index contributed by atoms with van der Waals surface area (Å²) in [4.78, 5) is 4.11. The predicted molar refractivity (Wildman–Crippen MR) is 92.3 cm³/mol. The van der Waals surface area contributed by atoms with Crippen LogP contribution in [0, 0.1) is 12.8 Å². The Labute approximate surface area is 136 Å². The highest BCUT2D eigenvalue weighted by atomic mass is 16.5. The largest absolute Gasteiger partial charge is 0.493 e. The molecule has 2 N–H and O–H groups in total. The summed E-state index contributed by atoms with van der Waals surface area (Å²) in [6.07, 6.45) is 4.48. The second kappa shape index (κ2) is 7.67. The standard InChI is InChI=1S/C17H24N4O2/c1-12(2)7-8-23-16-9-14(5-6-15(16)22-4)10-19-21-11-13(3)20-17(21)18/h5-6,9-12H,7-8H2,1-4H3,(H2,18,20). The lowest BCUT2D eigenvalue weighted by atomic mass is 10.1. The van der Waals surface area contributed by atoms with E-state index in [2.05, 4.69) is 23.9 Å². The van der Waals surface area contributed by atoms with Gasteiger partial charge in [0, 0.05) is 0 Å². The molecule has 0 saturated heterocycles. The first-order valence-electron chi connectivity index (χ1n) is 7.66. The first kappa shape index (κ1) is 16.9. The molecule has 0 spiro atoms. The third-order valence-corrected chi connectivity index (χ3v) is 3.31.